The second-order valence-electron chi connectivity index (χ2n) is 6.56. The van der Waals surface area contributed by atoms with Gasteiger partial charge in [0.05, 0.1) is 15.5 Å². The van der Waals surface area contributed by atoms with Gasteiger partial charge in [0.2, 0.25) is 11.8 Å². The van der Waals surface area contributed by atoms with E-state index in [0.717, 1.165) is 0 Å². The third-order valence-electron chi connectivity index (χ3n) is 4.51. The van der Waals surface area contributed by atoms with Gasteiger partial charge in [-0.2, -0.15) is 0 Å². The molecule has 1 aliphatic rings. The largest absolute Gasteiger partial charge is 0.302 e. The molecule has 1 aliphatic heterocycles. The molecule has 0 aliphatic carbocycles. The highest BCUT2D eigenvalue weighted by atomic mass is 35.5. The van der Waals surface area contributed by atoms with Crippen LogP contribution >= 0.6 is 35.4 Å². The van der Waals surface area contributed by atoms with Gasteiger partial charge in [-0.1, -0.05) is 23.2 Å². The van der Waals surface area contributed by atoms with Gasteiger partial charge in [0.15, 0.2) is 24.8 Å². The maximum atomic E-state index is 13.4. The van der Waals surface area contributed by atoms with Gasteiger partial charge >= 0.3 is 0 Å². The number of halogens is 2. The summed E-state index contributed by atoms with van der Waals surface area (Å²) in [4.78, 5) is 24.5. The Balaban J connectivity index is 2.11. The maximum Gasteiger partial charge on any atom is 0.240 e. The summed E-state index contributed by atoms with van der Waals surface area (Å²) in [6.07, 6.45) is 0. The van der Waals surface area contributed by atoms with Gasteiger partial charge in [-0.3, -0.25) is 9.59 Å². The molecule has 0 saturated carbocycles. The molecule has 2 N–H and O–H groups in total. The first-order chi connectivity index (χ1) is 14.4. The summed E-state index contributed by atoms with van der Waals surface area (Å²) >= 11 is 16.3. The Bertz CT molecular complexity index is 1240. The number of carbonyl (C=O) groups is 2. The average Bonchev–Trinajstić information content (AvgIpc) is 2.67. The molecule has 1 heterocycles. The molecule has 2 aromatic rings. The van der Waals surface area contributed by atoms with Crippen LogP contribution in [-0.4, -0.2) is 44.8 Å². The van der Waals surface area contributed by atoms with E-state index >= 15 is 0 Å². The topological polar surface area (TPSA) is 126 Å². The second kappa shape index (κ2) is 8.83. The summed E-state index contributed by atoms with van der Waals surface area (Å²) in [5, 5.41) is 2.64. The lowest BCUT2D eigenvalue weighted by Crippen LogP contribution is -2.60. The van der Waals surface area contributed by atoms with Crippen molar-refractivity contribution < 1.29 is 26.4 Å². The van der Waals surface area contributed by atoms with E-state index in [2.05, 4.69) is 10.6 Å². The van der Waals surface area contributed by atoms with Gasteiger partial charge in [0.1, 0.15) is 11.2 Å². The molecule has 1 unspecified atom stereocenters. The summed E-state index contributed by atoms with van der Waals surface area (Å²) < 4.78 is 52.7. The number of carbonyl (C=O) groups excluding carboxylic acids is 2. The fourth-order valence-electron chi connectivity index (χ4n) is 2.99. The fourth-order valence-corrected chi connectivity index (χ4v) is 7.53. The van der Waals surface area contributed by atoms with Crippen LogP contribution in [-0.2, 0) is 29.3 Å². The molecule has 0 aromatic heterocycles. The van der Waals surface area contributed by atoms with Crippen LogP contribution in [0.1, 0.15) is 0 Å². The molecule has 0 radical (unpaired) electrons. The maximum absolute atomic E-state index is 13.4. The van der Waals surface area contributed by atoms with Crippen molar-refractivity contribution in [3.05, 3.63) is 58.6 Å². The van der Waals surface area contributed by atoms with E-state index in [4.69, 9.17) is 35.4 Å². The number of nitrogens with one attached hydrogen (secondary N) is 2. The summed E-state index contributed by atoms with van der Waals surface area (Å²) in [6, 6.07) is 10.0. The van der Waals surface area contributed by atoms with Crippen molar-refractivity contribution in [2.75, 3.05) is 5.75 Å². The number of thiocarbonyl (C=S) groups is 1. The van der Waals surface area contributed by atoms with Crippen LogP contribution in [0, 0.1) is 5.92 Å². The highest BCUT2D eigenvalue weighted by molar-refractivity contribution is 7.95. The lowest BCUT2D eigenvalue weighted by Gasteiger charge is -2.29. The molecule has 1 fully saturated rings. The summed E-state index contributed by atoms with van der Waals surface area (Å²) in [7, 11) is -8.72. The van der Waals surface area contributed by atoms with Crippen molar-refractivity contribution in [2.45, 2.75) is 15.0 Å². The molecule has 1 saturated heterocycles. The Labute approximate surface area is 193 Å². The zero-order valence-corrected chi connectivity index (χ0v) is 19.4. The second-order valence-corrected chi connectivity index (χ2v) is 12.0. The molecule has 1 atom stereocenters. The van der Waals surface area contributed by atoms with E-state index < -0.39 is 48.4 Å². The van der Waals surface area contributed by atoms with Gasteiger partial charge in [-0.05, 0) is 60.7 Å². The van der Waals surface area contributed by atoms with E-state index in [1.807, 2.05) is 0 Å². The van der Waals surface area contributed by atoms with Crippen LogP contribution in [0.15, 0.2) is 58.3 Å². The average molecular weight is 521 g/mol. The van der Waals surface area contributed by atoms with Crippen molar-refractivity contribution in [3.63, 3.8) is 0 Å². The number of hydrogen-bond acceptors (Lipinski definition) is 7. The van der Waals surface area contributed by atoms with Crippen LogP contribution in [0.5, 0.6) is 0 Å². The van der Waals surface area contributed by atoms with E-state index in [1.165, 1.54) is 48.5 Å². The van der Waals surface area contributed by atoms with E-state index in [-0.39, 0.29) is 24.9 Å². The van der Waals surface area contributed by atoms with Crippen molar-refractivity contribution in [3.8, 4) is 0 Å². The summed E-state index contributed by atoms with van der Waals surface area (Å²) in [6.45, 7) is 0. The molecule has 3 rings (SSSR count). The van der Waals surface area contributed by atoms with Crippen molar-refractivity contribution in [1.29, 1.82) is 0 Å². The third kappa shape index (κ3) is 5.07. The first kappa shape index (κ1) is 23.6. The quantitative estimate of drug-likeness (QED) is 0.438. The third-order valence-corrected chi connectivity index (χ3v) is 9.38. The Morgan fingerprint density at radius 1 is 0.806 bits per heavy atom. The zero-order valence-electron chi connectivity index (χ0n) is 15.4. The van der Waals surface area contributed by atoms with Gasteiger partial charge in [0.25, 0.3) is 0 Å². The lowest BCUT2D eigenvalue weighted by molar-refractivity contribution is -0.134. The minimum Gasteiger partial charge on any atom is -0.302 e. The zero-order chi connectivity index (χ0) is 23.0. The standard InChI is InChI=1S/C18H14Cl2N2O6S3/c19-10-1-5-12(6-2-10)30(25,26)9-14(15-16(23)21-18(29)22-17(15)24)31(27,28)13-7-3-11(20)4-8-13/h1-8,14-15H,9H2,(H2,21,22,23,24,29). The normalized spacial score (nSPS) is 16.5. The van der Waals surface area contributed by atoms with Crippen molar-refractivity contribution in [1.82, 2.24) is 10.6 Å². The molecule has 2 aromatic carbocycles. The number of sulfone groups is 2. The van der Waals surface area contributed by atoms with Gasteiger partial charge in [0, 0.05) is 10.0 Å². The van der Waals surface area contributed by atoms with E-state index in [1.54, 1.807) is 0 Å². The molecule has 2 amide bonds. The Hall–Kier alpha value is -2.05. The number of benzene rings is 2. The number of rotatable bonds is 6. The first-order valence-electron chi connectivity index (χ1n) is 8.55. The highest BCUT2D eigenvalue weighted by Gasteiger charge is 2.48. The smallest absolute Gasteiger partial charge is 0.240 e. The van der Waals surface area contributed by atoms with Crippen LogP contribution in [0.25, 0.3) is 0 Å². The Morgan fingerprint density at radius 3 is 1.68 bits per heavy atom. The summed E-state index contributed by atoms with van der Waals surface area (Å²) in [5.74, 6) is -4.91. The molecular weight excluding hydrogens is 507 g/mol. The van der Waals surface area contributed by atoms with Crippen LogP contribution in [0.3, 0.4) is 0 Å². The molecule has 8 nitrogen and oxygen atoms in total. The minimum atomic E-state index is -4.48. The number of hydrogen-bond donors (Lipinski definition) is 2. The molecule has 0 bridgehead atoms. The molecule has 13 heteroatoms. The SMILES string of the molecule is O=C1NC(=S)NC(=O)C1C(CS(=O)(=O)c1ccc(Cl)cc1)S(=O)(=O)c1ccc(Cl)cc1. The molecule has 164 valence electrons. The molecule has 31 heavy (non-hydrogen) atoms. The van der Waals surface area contributed by atoms with Crippen LogP contribution in [0.2, 0.25) is 10.0 Å². The van der Waals surface area contributed by atoms with Gasteiger partial charge < -0.3 is 10.6 Å². The summed E-state index contributed by atoms with van der Waals surface area (Å²) in [5.41, 5.74) is 0. The van der Waals surface area contributed by atoms with E-state index in [0.29, 0.717) is 0 Å². The molecular formula is C18H14Cl2N2O6S3. The Kier molecular flexibility index (Phi) is 6.72. The Morgan fingerprint density at radius 2 is 1.23 bits per heavy atom. The highest BCUT2D eigenvalue weighted by Crippen LogP contribution is 2.28. The predicted octanol–water partition coefficient (Wildman–Crippen LogP) is 1.76. The minimum absolute atomic E-state index is 0.208. The number of amides is 2. The lowest BCUT2D eigenvalue weighted by atomic mass is 10.0. The van der Waals surface area contributed by atoms with Crippen molar-refractivity contribution >= 4 is 72.0 Å². The van der Waals surface area contributed by atoms with Crippen molar-refractivity contribution in [2.24, 2.45) is 5.92 Å². The predicted molar refractivity (Wildman–Crippen MR) is 118 cm³/mol. The van der Waals surface area contributed by atoms with Gasteiger partial charge in [-0.25, -0.2) is 16.8 Å². The van der Waals surface area contributed by atoms with Gasteiger partial charge in [-0.15, -0.1) is 0 Å². The van der Waals surface area contributed by atoms with E-state index in [9.17, 15) is 26.4 Å². The monoisotopic (exact) mass is 520 g/mol. The van der Waals surface area contributed by atoms with Crippen LogP contribution in [0.4, 0.5) is 0 Å². The first-order valence-corrected chi connectivity index (χ1v) is 12.9. The molecule has 0 spiro atoms. The fraction of sp³-hybridized carbons (Fsp3) is 0.167. The van der Waals surface area contributed by atoms with Crippen LogP contribution < -0.4 is 10.6 Å².